The molecular formula is C13H13N3O3. The van der Waals surface area contributed by atoms with Crippen LogP contribution in [-0.4, -0.2) is 34.2 Å². The number of hydrogen-bond acceptors (Lipinski definition) is 4. The van der Waals surface area contributed by atoms with Gasteiger partial charge in [-0.3, -0.25) is 14.5 Å². The number of amidine groups is 1. The Morgan fingerprint density at radius 2 is 2.05 bits per heavy atom. The molecule has 1 aliphatic rings. The van der Waals surface area contributed by atoms with E-state index in [1.165, 1.54) is 17.0 Å². The molecule has 0 saturated carbocycles. The maximum absolute atomic E-state index is 12.0. The highest BCUT2D eigenvalue weighted by molar-refractivity contribution is 6.15. The smallest absolute Gasteiger partial charge is 0.278 e. The molecule has 98 valence electrons. The fourth-order valence-corrected chi connectivity index (χ4v) is 1.73. The average Bonchev–Trinajstić information content (AvgIpc) is 2.60. The molecule has 1 aromatic carbocycles. The minimum atomic E-state index is -0.589. The molecule has 0 radical (unpaired) electrons. The number of primary amides is 1. The molecule has 3 N–H and O–H groups in total. The van der Waals surface area contributed by atoms with Gasteiger partial charge in [-0.1, -0.05) is 12.1 Å². The lowest BCUT2D eigenvalue weighted by atomic mass is 10.2. The summed E-state index contributed by atoms with van der Waals surface area (Å²) >= 11 is 0. The van der Waals surface area contributed by atoms with Crippen LogP contribution in [0.2, 0.25) is 0 Å². The van der Waals surface area contributed by atoms with Crippen LogP contribution in [0.4, 0.5) is 0 Å². The highest BCUT2D eigenvalue weighted by Crippen LogP contribution is 2.19. The lowest BCUT2D eigenvalue weighted by Crippen LogP contribution is -2.38. The zero-order valence-corrected chi connectivity index (χ0v) is 10.3. The molecule has 0 fully saturated rings. The predicted octanol–water partition coefficient (Wildman–Crippen LogP) is 0.479. The second-order valence-electron chi connectivity index (χ2n) is 4.14. The van der Waals surface area contributed by atoms with E-state index < -0.39 is 5.91 Å². The van der Waals surface area contributed by atoms with Gasteiger partial charge in [-0.25, -0.2) is 4.99 Å². The van der Waals surface area contributed by atoms with E-state index >= 15 is 0 Å². The zero-order chi connectivity index (χ0) is 14.0. The largest absolute Gasteiger partial charge is 0.508 e. The molecule has 0 bridgehead atoms. The molecule has 1 aliphatic heterocycles. The van der Waals surface area contributed by atoms with Gasteiger partial charge in [0.1, 0.15) is 23.8 Å². The number of carbonyl (C=O) groups is 2. The van der Waals surface area contributed by atoms with Crippen LogP contribution in [0.3, 0.4) is 0 Å². The topological polar surface area (TPSA) is 96.0 Å². The van der Waals surface area contributed by atoms with Gasteiger partial charge in [-0.2, -0.15) is 0 Å². The highest BCUT2D eigenvalue weighted by Gasteiger charge is 2.28. The van der Waals surface area contributed by atoms with Gasteiger partial charge in [0.25, 0.3) is 5.91 Å². The number of rotatable bonds is 3. The van der Waals surface area contributed by atoms with Crippen molar-refractivity contribution in [2.75, 3.05) is 6.54 Å². The number of aromatic hydroxyl groups is 1. The number of phenols is 1. The third kappa shape index (κ3) is 2.79. The zero-order valence-electron chi connectivity index (χ0n) is 10.3. The van der Waals surface area contributed by atoms with E-state index in [1.807, 2.05) is 0 Å². The van der Waals surface area contributed by atoms with Gasteiger partial charge in [0, 0.05) is 0 Å². The molecule has 0 spiro atoms. The van der Waals surface area contributed by atoms with Gasteiger partial charge in [-0.15, -0.1) is 0 Å². The van der Waals surface area contributed by atoms with Crippen LogP contribution in [0.25, 0.3) is 6.08 Å². The molecule has 1 heterocycles. The van der Waals surface area contributed by atoms with Crippen molar-refractivity contribution in [2.24, 2.45) is 10.7 Å². The summed E-state index contributed by atoms with van der Waals surface area (Å²) in [6.45, 7) is 1.46. The van der Waals surface area contributed by atoms with Gasteiger partial charge in [0.15, 0.2) is 0 Å². The first kappa shape index (κ1) is 12.8. The summed E-state index contributed by atoms with van der Waals surface area (Å²) in [5.74, 6) is -0.359. The Balaban J connectivity index is 2.25. The van der Waals surface area contributed by atoms with Crippen molar-refractivity contribution in [1.82, 2.24) is 4.90 Å². The molecule has 0 atom stereocenters. The Labute approximate surface area is 109 Å². The standard InChI is InChI=1S/C13H13N3O3/c1-8-15-11(13(19)16(8)7-12(14)18)6-9-2-4-10(17)5-3-9/h2-6,17H,7H2,1H3,(H2,14,18)/b11-6-. The van der Waals surface area contributed by atoms with Gasteiger partial charge in [0.2, 0.25) is 5.91 Å². The Bertz CT molecular complexity index is 588. The predicted molar refractivity (Wildman–Crippen MR) is 70.1 cm³/mol. The van der Waals surface area contributed by atoms with Crippen LogP contribution < -0.4 is 5.73 Å². The van der Waals surface area contributed by atoms with Gasteiger partial charge < -0.3 is 10.8 Å². The first-order chi connectivity index (χ1) is 8.97. The summed E-state index contributed by atoms with van der Waals surface area (Å²) in [7, 11) is 0. The second-order valence-corrected chi connectivity index (χ2v) is 4.14. The molecule has 0 aliphatic carbocycles. The number of nitrogens with two attached hydrogens (primary N) is 1. The quantitative estimate of drug-likeness (QED) is 0.773. The van der Waals surface area contributed by atoms with Crippen molar-refractivity contribution < 1.29 is 14.7 Å². The number of amides is 2. The first-order valence-corrected chi connectivity index (χ1v) is 5.63. The van der Waals surface area contributed by atoms with Crippen LogP contribution in [0, 0.1) is 0 Å². The van der Waals surface area contributed by atoms with Crippen LogP contribution in [0.1, 0.15) is 12.5 Å². The van der Waals surface area contributed by atoms with E-state index in [-0.39, 0.29) is 23.9 Å². The lowest BCUT2D eigenvalue weighted by molar-refractivity contribution is -0.127. The molecular weight excluding hydrogens is 246 g/mol. The fraction of sp³-hybridized carbons (Fsp3) is 0.154. The molecule has 2 amide bonds. The van der Waals surface area contributed by atoms with Crippen molar-refractivity contribution in [3.63, 3.8) is 0 Å². The summed E-state index contributed by atoms with van der Waals surface area (Å²) in [6, 6.07) is 6.36. The minimum Gasteiger partial charge on any atom is -0.508 e. The molecule has 6 heteroatoms. The summed E-state index contributed by atoms with van der Waals surface area (Å²) in [6.07, 6.45) is 1.59. The van der Waals surface area contributed by atoms with Crippen LogP contribution in [0.15, 0.2) is 35.0 Å². The van der Waals surface area contributed by atoms with Crippen LogP contribution in [-0.2, 0) is 9.59 Å². The van der Waals surface area contributed by atoms with Gasteiger partial charge >= 0.3 is 0 Å². The minimum absolute atomic E-state index is 0.148. The van der Waals surface area contributed by atoms with Crippen molar-refractivity contribution in [3.8, 4) is 5.75 Å². The van der Waals surface area contributed by atoms with Crippen LogP contribution in [0.5, 0.6) is 5.75 Å². The molecule has 0 aromatic heterocycles. The van der Waals surface area contributed by atoms with Gasteiger partial charge in [-0.05, 0) is 30.7 Å². The fourth-order valence-electron chi connectivity index (χ4n) is 1.73. The third-order valence-electron chi connectivity index (χ3n) is 2.65. The number of benzene rings is 1. The summed E-state index contributed by atoms with van der Waals surface area (Å²) < 4.78 is 0. The van der Waals surface area contributed by atoms with Crippen LogP contribution >= 0.6 is 0 Å². The van der Waals surface area contributed by atoms with E-state index in [1.54, 1.807) is 25.1 Å². The molecule has 1 aromatic rings. The third-order valence-corrected chi connectivity index (χ3v) is 2.65. The Morgan fingerprint density at radius 3 is 2.63 bits per heavy atom. The molecule has 0 saturated heterocycles. The monoisotopic (exact) mass is 259 g/mol. The summed E-state index contributed by atoms with van der Waals surface area (Å²) in [5, 5.41) is 9.18. The number of nitrogens with zero attached hydrogens (tertiary/aromatic N) is 2. The normalized spacial score (nSPS) is 16.9. The van der Waals surface area contributed by atoms with E-state index in [9.17, 15) is 14.7 Å². The molecule has 2 rings (SSSR count). The number of aliphatic imine (C=N–C) groups is 1. The van der Waals surface area contributed by atoms with E-state index in [4.69, 9.17) is 5.73 Å². The second kappa shape index (κ2) is 4.93. The number of hydrogen-bond donors (Lipinski definition) is 2. The van der Waals surface area contributed by atoms with Crippen molar-refractivity contribution in [1.29, 1.82) is 0 Å². The average molecular weight is 259 g/mol. The van der Waals surface area contributed by atoms with E-state index in [0.717, 1.165) is 5.56 Å². The van der Waals surface area contributed by atoms with E-state index in [0.29, 0.717) is 5.84 Å². The Morgan fingerprint density at radius 1 is 1.42 bits per heavy atom. The molecule has 19 heavy (non-hydrogen) atoms. The maximum Gasteiger partial charge on any atom is 0.278 e. The molecule has 0 unspecified atom stereocenters. The Hall–Kier alpha value is -2.63. The molecule has 6 nitrogen and oxygen atoms in total. The van der Waals surface area contributed by atoms with Crippen molar-refractivity contribution >= 4 is 23.7 Å². The van der Waals surface area contributed by atoms with E-state index in [2.05, 4.69) is 4.99 Å². The first-order valence-electron chi connectivity index (χ1n) is 5.63. The number of phenolic OH excluding ortho intramolecular Hbond substituents is 1. The SMILES string of the molecule is CC1=N/C(=C\c2ccc(O)cc2)C(=O)N1CC(N)=O. The van der Waals surface area contributed by atoms with Gasteiger partial charge in [0.05, 0.1) is 0 Å². The number of carbonyl (C=O) groups excluding carboxylic acids is 2. The lowest BCUT2D eigenvalue weighted by Gasteiger charge is -2.12. The van der Waals surface area contributed by atoms with Crippen molar-refractivity contribution in [3.05, 3.63) is 35.5 Å². The van der Waals surface area contributed by atoms with Crippen molar-refractivity contribution in [2.45, 2.75) is 6.92 Å². The maximum atomic E-state index is 12.0. The summed E-state index contributed by atoms with van der Waals surface area (Å²) in [4.78, 5) is 28.2. The Kier molecular flexibility index (Phi) is 3.33. The summed E-state index contributed by atoms with van der Waals surface area (Å²) in [5.41, 5.74) is 6.05. The highest BCUT2D eigenvalue weighted by atomic mass is 16.3.